The third kappa shape index (κ3) is 7.17. The van der Waals surface area contributed by atoms with Gasteiger partial charge in [0.05, 0.1) is 0 Å². The van der Waals surface area contributed by atoms with Crippen LogP contribution in [0.4, 0.5) is 0 Å². The molecule has 2 N–H and O–H groups in total. The predicted octanol–water partition coefficient (Wildman–Crippen LogP) is 3.80. The minimum Gasteiger partial charge on any atom is -0.508 e. The molecule has 0 aliphatic rings. The fourth-order valence-corrected chi connectivity index (χ4v) is 2.27. The van der Waals surface area contributed by atoms with Crippen molar-refractivity contribution >= 4 is 5.91 Å². The van der Waals surface area contributed by atoms with Crippen molar-refractivity contribution in [1.82, 2.24) is 5.32 Å². The monoisotopic (exact) mass is 277 g/mol. The Hall–Kier alpha value is -1.51. The fraction of sp³-hybridized carbons (Fsp3) is 0.588. The number of phenols is 1. The van der Waals surface area contributed by atoms with E-state index in [0.29, 0.717) is 6.42 Å². The molecule has 0 saturated carbocycles. The SMILES string of the molecule is CCCCCCCC(=O)NC(C)Cc1ccc(O)cc1. The number of unbranched alkanes of at least 4 members (excludes halogenated alkanes) is 4. The van der Waals surface area contributed by atoms with Crippen LogP contribution in [0.15, 0.2) is 24.3 Å². The maximum Gasteiger partial charge on any atom is 0.220 e. The summed E-state index contributed by atoms with van der Waals surface area (Å²) in [4.78, 5) is 11.8. The highest BCUT2D eigenvalue weighted by Gasteiger charge is 2.08. The topological polar surface area (TPSA) is 49.3 Å². The molecule has 0 radical (unpaired) electrons. The Bertz CT molecular complexity index is 386. The maximum atomic E-state index is 11.8. The van der Waals surface area contributed by atoms with E-state index < -0.39 is 0 Å². The average molecular weight is 277 g/mol. The number of carbonyl (C=O) groups excluding carboxylic acids is 1. The van der Waals surface area contributed by atoms with Gasteiger partial charge in [0.15, 0.2) is 0 Å². The lowest BCUT2D eigenvalue weighted by molar-refractivity contribution is -0.121. The minimum atomic E-state index is 0.127. The first kappa shape index (κ1) is 16.5. The largest absolute Gasteiger partial charge is 0.508 e. The number of benzene rings is 1. The summed E-state index contributed by atoms with van der Waals surface area (Å²) in [5, 5.41) is 12.3. The van der Waals surface area contributed by atoms with Gasteiger partial charge >= 0.3 is 0 Å². The molecule has 3 nitrogen and oxygen atoms in total. The minimum absolute atomic E-state index is 0.127. The van der Waals surface area contributed by atoms with E-state index in [1.807, 2.05) is 19.1 Å². The zero-order chi connectivity index (χ0) is 14.8. The highest BCUT2D eigenvalue weighted by Crippen LogP contribution is 2.11. The van der Waals surface area contributed by atoms with Crippen molar-refractivity contribution in [1.29, 1.82) is 0 Å². The molecule has 0 fully saturated rings. The number of aromatic hydroxyl groups is 1. The summed E-state index contributed by atoms with van der Waals surface area (Å²) in [6.07, 6.45) is 7.28. The van der Waals surface area contributed by atoms with Crippen molar-refractivity contribution in [2.24, 2.45) is 0 Å². The van der Waals surface area contributed by atoms with Gasteiger partial charge in [-0.2, -0.15) is 0 Å². The van der Waals surface area contributed by atoms with E-state index in [2.05, 4.69) is 12.2 Å². The Balaban J connectivity index is 2.19. The summed E-state index contributed by atoms with van der Waals surface area (Å²) in [7, 11) is 0. The maximum absolute atomic E-state index is 11.8. The van der Waals surface area contributed by atoms with Crippen LogP contribution < -0.4 is 5.32 Å². The Labute approximate surface area is 122 Å². The van der Waals surface area contributed by atoms with Gasteiger partial charge in [0, 0.05) is 12.5 Å². The fourth-order valence-electron chi connectivity index (χ4n) is 2.27. The van der Waals surface area contributed by atoms with E-state index in [-0.39, 0.29) is 17.7 Å². The van der Waals surface area contributed by atoms with E-state index in [1.165, 1.54) is 19.3 Å². The first-order valence-electron chi connectivity index (χ1n) is 7.69. The van der Waals surface area contributed by atoms with Crippen molar-refractivity contribution in [2.75, 3.05) is 0 Å². The van der Waals surface area contributed by atoms with Crippen LogP contribution in [0.25, 0.3) is 0 Å². The number of amides is 1. The zero-order valence-electron chi connectivity index (χ0n) is 12.7. The van der Waals surface area contributed by atoms with E-state index >= 15 is 0 Å². The molecule has 1 amide bonds. The molecule has 1 atom stereocenters. The van der Waals surface area contributed by atoms with Gasteiger partial charge in [-0.25, -0.2) is 0 Å². The van der Waals surface area contributed by atoms with Gasteiger partial charge in [-0.05, 0) is 37.5 Å². The summed E-state index contributed by atoms with van der Waals surface area (Å²) in [6.45, 7) is 4.21. The molecule has 1 aromatic rings. The van der Waals surface area contributed by atoms with Crippen LogP contribution in [0.3, 0.4) is 0 Å². The summed E-state index contributed by atoms with van der Waals surface area (Å²) in [5.41, 5.74) is 1.12. The lowest BCUT2D eigenvalue weighted by Gasteiger charge is -2.14. The second-order valence-electron chi connectivity index (χ2n) is 5.50. The van der Waals surface area contributed by atoms with E-state index in [9.17, 15) is 9.90 Å². The van der Waals surface area contributed by atoms with E-state index in [1.54, 1.807) is 12.1 Å². The molecule has 0 spiro atoms. The molecule has 0 bridgehead atoms. The van der Waals surface area contributed by atoms with Crippen molar-refractivity contribution in [3.05, 3.63) is 29.8 Å². The smallest absolute Gasteiger partial charge is 0.220 e. The highest BCUT2D eigenvalue weighted by molar-refractivity contribution is 5.76. The van der Waals surface area contributed by atoms with Crippen molar-refractivity contribution < 1.29 is 9.90 Å². The molecule has 20 heavy (non-hydrogen) atoms. The van der Waals surface area contributed by atoms with Gasteiger partial charge in [-0.15, -0.1) is 0 Å². The number of nitrogens with one attached hydrogen (secondary N) is 1. The van der Waals surface area contributed by atoms with Crippen LogP contribution in [0, 0.1) is 0 Å². The molecule has 1 rings (SSSR count). The molecule has 0 aliphatic carbocycles. The third-order valence-corrected chi connectivity index (χ3v) is 3.39. The van der Waals surface area contributed by atoms with Gasteiger partial charge in [-0.3, -0.25) is 4.79 Å². The second-order valence-corrected chi connectivity index (χ2v) is 5.50. The number of phenolic OH excluding ortho intramolecular Hbond substituents is 1. The molecule has 0 heterocycles. The summed E-state index contributed by atoms with van der Waals surface area (Å²) in [6, 6.07) is 7.27. The molecular weight excluding hydrogens is 250 g/mol. The molecule has 112 valence electrons. The van der Waals surface area contributed by atoms with Crippen LogP contribution in [0.1, 0.15) is 57.9 Å². The number of carbonyl (C=O) groups is 1. The number of hydrogen-bond donors (Lipinski definition) is 2. The van der Waals surface area contributed by atoms with Gasteiger partial charge in [0.1, 0.15) is 5.75 Å². The standard InChI is InChI=1S/C17H27NO2/c1-3-4-5-6-7-8-17(20)18-14(2)13-15-9-11-16(19)12-10-15/h9-12,14,19H,3-8,13H2,1-2H3,(H,18,20). The predicted molar refractivity (Wildman–Crippen MR) is 82.8 cm³/mol. The van der Waals surface area contributed by atoms with Gasteiger partial charge < -0.3 is 10.4 Å². The first-order valence-corrected chi connectivity index (χ1v) is 7.69. The molecule has 1 aromatic carbocycles. The normalized spacial score (nSPS) is 12.1. The van der Waals surface area contributed by atoms with Gasteiger partial charge in [0.2, 0.25) is 5.91 Å². The van der Waals surface area contributed by atoms with Gasteiger partial charge in [-0.1, -0.05) is 44.7 Å². The van der Waals surface area contributed by atoms with Crippen LogP contribution in [-0.2, 0) is 11.2 Å². The highest BCUT2D eigenvalue weighted by atomic mass is 16.3. The third-order valence-electron chi connectivity index (χ3n) is 3.39. The Kier molecular flexibility index (Phi) is 7.78. The number of hydrogen-bond acceptors (Lipinski definition) is 2. The Morgan fingerprint density at radius 1 is 1.15 bits per heavy atom. The average Bonchev–Trinajstić information content (AvgIpc) is 2.41. The molecule has 0 aliphatic heterocycles. The van der Waals surface area contributed by atoms with E-state index in [4.69, 9.17) is 0 Å². The second kappa shape index (κ2) is 9.40. The van der Waals surface area contributed by atoms with Crippen molar-refractivity contribution in [3.63, 3.8) is 0 Å². The van der Waals surface area contributed by atoms with Gasteiger partial charge in [0.25, 0.3) is 0 Å². The van der Waals surface area contributed by atoms with Crippen molar-refractivity contribution in [2.45, 2.75) is 64.8 Å². The summed E-state index contributed by atoms with van der Waals surface area (Å²) >= 11 is 0. The number of rotatable bonds is 9. The zero-order valence-corrected chi connectivity index (χ0v) is 12.7. The molecule has 0 saturated heterocycles. The van der Waals surface area contributed by atoms with Crippen LogP contribution in [-0.4, -0.2) is 17.1 Å². The lowest BCUT2D eigenvalue weighted by atomic mass is 10.1. The molecule has 0 aromatic heterocycles. The summed E-state index contributed by atoms with van der Waals surface area (Å²) < 4.78 is 0. The first-order chi connectivity index (χ1) is 9.61. The van der Waals surface area contributed by atoms with Crippen LogP contribution >= 0.6 is 0 Å². The molecule has 3 heteroatoms. The lowest BCUT2D eigenvalue weighted by Crippen LogP contribution is -2.33. The van der Waals surface area contributed by atoms with Crippen molar-refractivity contribution in [3.8, 4) is 5.75 Å². The van der Waals surface area contributed by atoms with Crippen LogP contribution in [0.2, 0.25) is 0 Å². The summed E-state index contributed by atoms with van der Waals surface area (Å²) in [5.74, 6) is 0.422. The molecular formula is C17H27NO2. The van der Waals surface area contributed by atoms with E-state index in [0.717, 1.165) is 24.8 Å². The van der Waals surface area contributed by atoms with Crippen LogP contribution in [0.5, 0.6) is 5.75 Å². The Morgan fingerprint density at radius 3 is 2.45 bits per heavy atom. The Morgan fingerprint density at radius 2 is 1.80 bits per heavy atom. The quantitative estimate of drug-likeness (QED) is 0.674. The molecule has 1 unspecified atom stereocenters.